The molecule has 0 aliphatic carbocycles. The highest BCUT2D eigenvalue weighted by molar-refractivity contribution is 7.80. The first kappa shape index (κ1) is 17.5. The van der Waals surface area contributed by atoms with Crippen LogP contribution in [0.1, 0.15) is 30.0 Å². The summed E-state index contributed by atoms with van der Waals surface area (Å²) >= 11 is 5.70. The van der Waals surface area contributed by atoms with Gasteiger partial charge in [0.05, 0.1) is 20.3 Å². The van der Waals surface area contributed by atoms with Gasteiger partial charge in [-0.3, -0.25) is 0 Å². The first-order chi connectivity index (χ1) is 12.1. The Hall–Kier alpha value is -2.27. The summed E-state index contributed by atoms with van der Waals surface area (Å²) in [5.74, 6) is 1.70. The molecule has 0 bridgehead atoms. The zero-order valence-electron chi connectivity index (χ0n) is 14.9. The van der Waals surface area contributed by atoms with Gasteiger partial charge >= 0.3 is 0 Å². The van der Waals surface area contributed by atoms with Gasteiger partial charge in [0.2, 0.25) is 0 Å². The quantitative estimate of drug-likeness (QED) is 0.813. The lowest BCUT2D eigenvalue weighted by atomic mass is 10.0. The highest BCUT2D eigenvalue weighted by Gasteiger charge is 2.30. The van der Waals surface area contributed by atoms with Crippen LogP contribution in [0.4, 0.5) is 5.69 Å². The number of hydrogen-bond acceptors (Lipinski definition) is 3. The van der Waals surface area contributed by atoms with Crippen LogP contribution in [-0.4, -0.2) is 30.8 Å². The van der Waals surface area contributed by atoms with Crippen molar-refractivity contribution in [3.05, 3.63) is 53.6 Å². The maximum atomic E-state index is 5.70. The van der Waals surface area contributed by atoms with E-state index in [0.717, 1.165) is 47.2 Å². The Bertz CT molecular complexity index is 763. The molecule has 0 unspecified atom stereocenters. The molecule has 1 atom stereocenters. The first-order valence-corrected chi connectivity index (χ1v) is 8.89. The summed E-state index contributed by atoms with van der Waals surface area (Å²) < 4.78 is 11.0. The molecule has 1 heterocycles. The summed E-state index contributed by atoms with van der Waals surface area (Å²) in [7, 11) is 3.38. The van der Waals surface area contributed by atoms with E-state index in [9.17, 15) is 0 Å². The molecular weight excluding hydrogens is 332 g/mol. The number of aryl methyl sites for hydroxylation is 1. The van der Waals surface area contributed by atoms with E-state index in [1.165, 1.54) is 5.56 Å². The van der Waals surface area contributed by atoms with Crippen LogP contribution in [0.3, 0.4) is 0 Å². The number of nitrogens with one attached hydrogen (secondary N) is 1. The van der Waals surface area contributed by atoms with Crippen molar-refractivity contribution in [1.29, 1.82) is 0 Å². The van der Waals surface area contributed by atoms with Gasteiger partial charge in [0, 0.05) is 17.8 Å². The number of ether oxygens (including phenoxy) is 2. The SMILES string of the molecule is COc1ccc(OC)c([C@H]2CCCN2C(=S)Nc2cccc(C)c2)c1. The summed E-state index contributed by atoms with van der Waals surface area (Å²) in [5, 5.41) is 4.12. The molecule has 0 amide bonds. The molecule has 1 aliphatic heterocycles. The van der Waals surface area contributed by atoms with Gasteiger partial charge in [0.15, 0.2) is 5.11 Å². The van der Waals surface area contributed by atoms with Crippen LogP contribution in [0.2, 0.25) is 0 Å². The molecule has 2 aromatic rings. The van der Waals surface area contributed by atoms with Gasteiger partial charge in [0.1, 0.15) is 11.5 Å². The van der Waals surface area contributed by atoms with Crippen molar-refractivity contribution in [1.82, 2.24) is 4.90 Å². The molecule has 1 N–H and O–H groups in total. The van der Waals surface area contributed by atoms with Gasteiger partial charge in [-0.1, -0.05) is 12.1 Å². The van der Waals surface area contributed by atoms with E-state index >= 15 is 0 Å². The van der Waals surface area contributed by atoms with Crippen LogP contribution < -0.4 is 14.8 Å². The number of anilines is 1. The fraction of sp³-hybridized carbons (Fsp3) is 0.350. The maximum Gasteiger partial charge on any atom is 0.173 e. The second-order valence-corrected chi connectivity index (χ2v) is 6.65. The summed E-state index contributed by atoms with van der Waals surface area (Å²) in [5.41, 5.74) is 3.35. The van der Waals surface area contributed by atoms with E-state index in [1.54, 1.807) is 14.2 Å². The van der Waals surface area contributed by atoms with Crippen LogP contribution in [0.5, 0.6) is 11.5 Å². The molecule has 1 saturated heterocycles. The van der Waals surface area contributed by atoms with Crippen molar-refractivity contribution in [3.63, 3.8) is 0 Å². The molecule has 1 aliphatic rings. The Morgan fingerprint density at radius 2 is 2.00 bits per heavy atom. The Morgan fingerprint density at radius 1 is 1.16 bits per heavy atom. The van der Waals surface area contributed by atoms with Crippen molar-refractivity contribution in [3.8, 4) is 11.5 Å². The lowest BCUT2D eigenvalue weighted by Gasteiger charge is -2.29. The number of rotatable bonds is 4. The number of likely N-dealkylation sites (tertiary alicyclic amines) is 1. The topological polar surface area (TPSA) is 33.7 Å². The number of benzene rings is 2. The molecule has 0 spiro atoms. The average Bonchev–Trinajstić information content (AvgIpc) is 3.11. The molecule has 5 heteroatoms. The fourth-order valence-electron chi connectivity index (χ4n) is 3.35. The average molecular weight is 356 g/mol. The van der Waals surface area contributed by atoms with Gasteiger partial charge < -0.3 is 19.7 Å². The second-order valence-electron chi connectivity index (χ2n) is 6.26. The van der Waals surface area contributed by atoms with Crippen molar-refractivity contribution in [2.24, 2.45) is 0 Å². The molecule has 4 nitrogen and oxygen atoms in total. The third kappa shape index (κ3) is 3.87. The van der Waals surface area contributed by atoms with E-state index in [-0.39, 0.29) is 6.04 Å². The monoisotopic (exact) mass is 356 g/mol. The Labute approximate surface area is 154 Å². The molecule has 0 saturated carbocycles. The molecule has 2 aromatic carbocycles. The van der Waals surface area contributed by atoms with E-state index in [2.05, 4.69) is 35.3 Å². The number of nitrogens with zero attached hydrogens (tertiary/aromatic N) is 1. The molecule has 0 aromatic heterocycles. The van der Waals surface area contributed by atoms with Crippen LogP contribution >= 0.6 is 12.2 Å². The van der Waals surface area contributed by atoms with Gasteiger partial charge in [-0.05, 0) is 67.9 Å². The zero-order valence-corrected chi connectivity index (χ0v) is 15.7. The predicted molar refractivity (Wildman–Crippen MR) is 106 cm³/mol. The number of hydrogen-bond donors (Lipinski definition) is 1. The minimum absolute atomic E-state index is 0.190. The number of methoxy groups -OCH3 is 2. The van der Waals surface area contributed by atoms with Crippen molar-refractivity contribution < 1.29 is 9.47 Å². The molecule has 1 fully saturated rings. The highest BCUT2D eigenvalue weighted by atomic mass is 32.1. The minimum Gasteiger partial charge on any atom is -0.497 e. The normalized spacial score (nSPS) is 16.6. The zero-order chi connectivity index (χ0) is 17.8. The third-order valence-corrected chi connectivity index (χ3v) is 4.92. The predicted octanol–water partition coefficient (Wildman–Crippen LogP) is 4.55. The Kier molecular flexibility index (Phi) is 5.43. The van der Waals surface area contributed by atoms with Gasteiger partial charge in [-0.2, -0.15) is 0 Å². The van der Waals surface area contributed by atoms with Gasteiger partial charge in [-0.25, -0.2) is 0 Å². The van der Waals surface area contributed by atoms with Crippen LogP contribution in [0.15, 0.2) is 42.5 Å². The minimum atomic E-state index is 0.190. The van der Waals surface area contributed by atoms with Crippen molar-refractivity contribution >= 4 is 23.0 Å². The van der Waals surface area contributed by atoms with E-state index in [1.807, 2.05) is 24.3 Å². The summed E-state index contributed by atoms with van der Waals surface area (Å²) in [6.07, 6.45) is 2.14. The number of thiocarbonyl (C=S) groups is 1. The molecule has 25 heavy (non-hydrogen) atoms. The Balaban J connectivity index is 1.84. The Morgan fingerprint density at radius 3 is 2.72 bits per heavy atom. The van der Waals surface area contributed by atoms with E-state index in [0.29, 0.717) is 0 Å². The lowest BCUT2D eigenvalue weighted by Crippen LogP contribution is -2.34. The van der Waals surface area contributed by atoms with Crippen molar-refractivity contribution in [2.45, 2.75) is 25.8 Å². The first-order valence-electron chi connectivity index (χ1n) is 8.48. The third-order valence-electron chi connectivity index (χ3n) is 4.58. The van der Waals surface area contributed by atoms with Crippen LogP contribution in [0, 0.1) is 6.92 Å². The molecule has 132 valence electrons. The van der Waals surface area contributed by atoms with Gasteiger partial charge in [0.25, 0.3) is 0 Å². The van der Waals surface area contributed by atoms with E-state index in [4.69, 9.17) is 21.7 Å². The van der Waals surface area contributed by atoms with Crippen molar-refractivity contribution in [2.75, 3.05) is 26.1 Å². The maximum absolute atomic E-state index is 5.70. The van der Waals surface area contributed by atoms with Crippen LogP contribution in [-0.2, 0) is 0 Å². The molecular formula is C20H24N2O2S. The van der Waals surface area contributed by atoms with Gasteiger partial charge in [-0.15, -0.1) is 0 Å². The highest BCUT2D eigenvalue weighted by Crippen LogP contribution is 2.39. The lowest BCUT2D eigenvalue weighted by molar-refractivity contribution is 0.362. The standard InChI is InChI=1S/C20H24N2O2S/c1-14-6-4-7-15(12-14)21-20(25)22-11-5-8-18(22)17-13-16(23-2)9-10-19(17)24-3/h4,6-7,9-10,12-13,18H,5,8,11H2,1-3H3,(H,21,25)/t18-/m1/s1. The summed E-state index contributed by atoms with van der Waals surface area (Å²) in [4.78, 5) is 2.24. The smallest absolute Gasteiger partial charge is 0.173 e. The van der Waals surface area contributed by atoms with E-state index < -0.39 is 0 Å². The largest absolute Gasteiger partial charge is 0.497 e. The molecule has 3 rings (SSSR count). The summed E-state index contributed by atoms with van der Waals surface area (Å²) in [6, 6.07) is 14.4. The molecule has 0 radical (unpaired) electrons. The second kappa shape index (κ2) is 7.74. The fourth-order valence-corrected chi connectivity index (χ4v) is 3.69. The van der Waals surface area contributed by atoms with Crippen LogP contribution in [0.25, 0.3) is 0 Å². The summed E-state index contributed by atoms with van der Waals surface area (Å²) in [6.45, 7) is 3.01.